The molecule has 0 saturated heterocycles. The van der Waals surface area contributed by atoms with Gasteiger partial charge in [0.05, 0.1) is 17.0 Å². The van der Waals surface area contributed by atoms with Gasteiger partial charge in [0.15, 0.2) is 0 Å². The summed E-state index contributed by atoms with van der Waals surface area (Å²) in [6.45, 7) is 1.62. The van der Waals surface area contributed by atoms with E-state index in [0.717, 1.165) is 16.1 Å². The molecule has 0 fully saturated rings. The first-order chi connectivity index (χ1) is 18.9. The highest BCUT2D eigenvalue weighted by molar-refractivity contribution is 7.92. The topological polar surface area (TPSA) is 86.8 Å². The van der Waals surface area contributed by atoms with E-state index < -0.39 is 28.5 Å². The number of nitrogens with one attached hydrogen (secondary N) is 1. The first-order valence-electron chi connectivity index (χ1n) is 12.4. The Kier molecular flexibility index (Phi) is 11.5. The summed E-state index contributed by atoms with van der Waals surface area (Å²) in [5.74, 6) is -1.02. The molecular formula is C28H29Cl4N3O4S. The second kappa shape index (κ2) is 14.4. The van der Waals surface area contributed by atoms with Crippen molar-refractivity contribution in [2.45, 2.75) is 32.4 Å². The number of anilines is 1. The highest BCUT2D eigenvalue weighted by Gasteiger charge is 2.33. The third kappa shape index (κ3) is 8.75. The van der Waals surface area contributed by atoms with Crippen molar-refractivity contribution in [1.29, 1.82) is 0 Å². The molecule has 3 aromatic rings. The van der Waals surface area contributed by atoms with Crippen LogP contribution in [0.4, 0.5) is 5.69 Å². The van der Waals surface area contributed by atoms with Crippen molar-refractivity contribution in [3.8, 4) is 0 Å². The van der Waals surface area contributed by atoms with E-state index in [-0.39, 0.29) is 34.6 Å². The minimum absolute atomic E-state index is 0.0459. The fourth-order valence-corrected chi connectivity index (χ4v) is 5.78. The van der Waals surface area contributed by atoms with Gasteiger partial charge in [-0.15, -0.1) is 0 Å². The van der Waals surface area contributed by atoms with Crippen LogP contribution in [0, 0.1) is 0 Å². The number of carbonyl (C=O) groups excluding carboxylic acids is 2. The Labute approximate surface area is 255 Å². The molecule has 0 spiro atoms. The number of amides is 2. The Bertz CT molecular complexity index is 1460. The van der Waals surface area contributed by atoms with Crippen LogP contribution in [0.2, 0.25) is 20.1 Å². The molecule has 3 aromatic carbocycles. The van der Waals surface area contributed by atoms with E-state index >= 15 is 0 Å². The molecule has 3 rings (SSSR count). The van der Waals surface area contributed by atoms with Crippen LogP contribution in [0.15, 0.2) is 66.7 Å². The Morgan fingerprint density at radius 2 is 1.55 bits per heavy atom. The lowest BCUT2D eigenvalue weighted by Crippen LogP contribution is -2.53. The lowest BCUT2D eigenvalue weighted by atomic mass is 10.0. The number of sulfonamides is 1. The van der Waals surface area contributed by atoms with Crippen molar-refractivity contribution in [2.24, 2.45) is 0 Å². The predicted octanol–water partition coefficient (Wildman–Crippen LogP) is 6.23. The highest BCUT2D eigenvalue weighted by atomic mass is 35.5. The molecule has 0 heterocycles. The van der Waals surface area contributed by atoms with Gasteiger partial charge < -0.3 is 10.2 Å². The molecule has 214 valence electrons. The minimum atomic E-state index is -3.99. The van der Waals surface area contributed by atoms with Gasteiger partial charge in [0.25, 0.3) is 0 Å². The van der Waals surface area contributed by atoms with Crippen LogP contribution in [-0.2, 0) is 32.6 Å². The largest absolute Gasteiger partial charge is 0.354 e. The van der Waals surface area contributed by atoms with Gasteiger partial charge in [-0.2, -0.15) is 0 Å². The fourth-order valence-electron chi connectivity index (χ4n) is 4.03. The number of rotatable bonds is 12. The molecule has 1 N–H and O–H groups in total. The van der Waals surface area contributed by atoms with Crippen molar-refractivity contribution in [1.82, 2.24) is 10.2 Å². The molecule has 0 aliphatic rings. The second-order valence-electron chi connectivity index (χ2n) is 9.12. The maximum absolute atomic E-state index is 14.1. The SMILES string of the molecule is CCCNC(=O)[C@@H](Cc1ccccc1)N(Cc1ccc(Cl)cc1Cl)C(=O)CN(c1cc(Cl)ccc1Cl)S(C)(=O)=O. The van der Waals surface area contributed by atoms with Crippen molar-refractivity contribution >= 4 is 73.9 Å². The molecule has 0 saturated carbocycles. The van der Waals surface area contributed by atoms with E-state index in [2.05, 4.69) is 5.32 Å². The van der Waals surface area contributed by atoms with Gasteiger partial charge in [-0.05, 0) is 47.9 Å². The summed E-state index contributed by atoms with van der Waals surface area (Å²) < 4.78 is 26.6. The number of hydrogen-bond donors (Lipinski definition) is 1. The molecule has 0 aromatic heterocycles. The minimum Gasteiger partial charge on any atom is -0.354 e. The zero-order valence-corrected chi connectivity index (χ0v) is 25.8. The van der Waals surface area contributed by atoms with Gasteiger partial charge in [-0.3, -0.25) is 13.9 Å². The number of halogens is 4. The summed E-state index contributed by atoms with van der Waals surface area (Å²) in [5, 5.41) is 3.92. The first-order valence-corrected chi connectivity index (χ1v) is 15.7. The molecule has 0 radical (unpaired) electrons. The molecule has 0 aliphatic carbocycles. The van der Waals surface area contributed by atoms with Gasteiger partial charge in [0.2, 0.25) is 21.8 Å². The van der Waals surface area contributed by atoms with E-state index in [4.69, 9.17) is 46.4 Å². The number of carbonyl (C=O) groups is 2. The van der Waals surface area contributed by atoms with Gasteiger partial charge in [-0.25, -0.2) is 8.42 Å². The monoisotopic (exact) mass is 643 g/mol. The van der Waals surface area contributed by atoms with Crippen LogP contribution in [0.5, 0.6) is 0 Å². The second-order valence-corrected chi connectivity index (χ2v) is 12.7. The summed E-state index contributed by atoms with van der Waals surface area (Å²) in [7, 11) is -3.99. The number of benzene rings is 3. The van der Waals surface area contributed by atoms with Crippen LogP contribution in [0.3, 0.4) is 0 Å². The molecule has 12 heteroatoms. The average Bonchev–Trinajstić information content (AvgIpc) is 2.90. The van der Waals surface area contributed by atoms with E-state index in [1.54, 1.807) is 18.2 Å². The molecule has 1 atom stereocenters. The maximum Gasteiger partial charge on any atom is 0.244 e. The van der Waals surface area contributed by atoms with Crippen molar-refractivity contribution in [3.63, 3.8) is 0 Å². The lowest BCUT2D eigenvalue weighted by molar-refractivity contribution is -0.140. The summed E-state index contributed by atoms with van der Waals surface area (Å²) in [5.41, 5.74) is 1.40. The van der Waals surface area contributed by atoms with Gasteiger partial charge in [-0.1, -0.05) is 89.7 Å². The summed E-state index contributed by atoms with van der Waals surface area (Å²) in [6.07, 6.45) is 1.84. The quantitative estimate of drug-likeness (QED) is 0.253. The van der Waals surface area contributed by atoms with Crippen molar-refractivity contribution in [3.05, 3.63) is 97.9 Å². The van der Waals surface area contributed by atoms with Gasteiger partial charge in [0.1, 0.15) is 12.6 Å². The van der Waals surface area contributed by atoms with Crippen LogP contribution in [0.1, 0.15) is 24.5 Å². The van der Waals surface area contributed by atoms with Gasteiger partial charge >= 0.3 is 0 Å². The number of hydrogen-bond acceptors (Lipinski definition) is 4. The normalized spacial score (nSPS) is 12.1. The lowest BCUT2D eigenvalue weighted by Gasteiger charge is -2.34. The molecule has 0 unspecified atom stereocenters. The highest BCUT2D eigenvalue weighted by Crippen LogP contribution is 2.31. The zero-order valence-electron chi connectivity index (χ0n) is 21.9. The fraction of sp³-hybridized carbons (Fsp3) is 0.286. The first kappa shape index (κ1) is 32.0. The molecule has 40 heavy (non-hydrogen) atoms. The molecule has 0 aliphatic heterocycles. The Balaban J connectivity index is 2.10. The Morgan fingerprint density at radius 1 is 0.900 bits per heavy atom. The third-order valence-electron chi connectivity index (χ3n) is 6.03. The van der Waals surface area contributed by atoms with E-state index in [0.29, 0.717) is 28.6 Å². The van der Waals surface area contributed by atoms with E-state index in [1.165, 1.54) is 23.1 Å². The third-order valence-corrected chi connectivity index (χ3v) is 8.30. The molecule has 2 amide bonds. The average molecular weight is 645 g/mol. The predicted molar refractivity (Wildman–Crippen MR) is 163 cm³/mol. The Morgan fingerprint density at radius 3 is 2.17 bits per heavy atom. The standard InChI is InChI=1S/C28H29Cl4N3O4S/c1-3-13-33-28(37)26(14-19-7-5-4-6-8-19)34(17-20-9-10-21(29)15-24(20)32)27(36)18-35(40(2,38)39)25-16-22(30)11-12-23(25)31/h4-12,15-16,26H,3,13-14,17-18H2,1-2H3,(H,33,37)/t26-/m1/s1. The van der Waals surface area contributed by atoms with Gasteiger partial charge in [0, 0.05) is 34.6 Å². The molecule has 7 nitrogen and oxygen atoms in total. The Hall–Kier alpha value is -2.49. The van der Waals surface area contributed by atoms with Crippen LogP contribution >= 0.6 is 46.4 Å². The van der Waals surface area contributed by atoms with Crippen LogP contribution < -0.4 is 9.62 Å². The summed E-state index contributed by atoms with van der Waals surface area (Å²) in [6, 6.07) is 17.4. The summed E-state index contributed by atoms with van der Waals surface area (Å²) >= 11 is 25.0. The number of nitrogens with zero attached hydrogens (tertiary/aromatic N) is 2. The smallest absolute Gasteiger partial charge is 0.244 e. The van der Waals surface area contributed by atoms with Crippen molar-refractivity contribution in [2.75, 3.05) is 23.7 Å². The molecular weight excluding hydrogens is 616 g/mol. The zero-order chi connectivity index (χ0) is 29.4. The van der Waals surface area contributed by atoms with E-state index in [9.17, 15) is 18.0 Å². The van der Waals surface area contributed by atoms with Crippen molar-refractivity contribution < 1.29 is 18.0 Å². The van der Waals surface area contributed by atoms with E-state index in [1.807, 2.05) is 37.3 Å². The maximum atomic E-state index is 14.1. The van der Waals surface area contributed by atoms with Crippen LogP contribution in [0.25, 0.3) is 0 Å². The van der Waals surface area contributed by atoms with Crippen LogP contribution in [-0.4, -0.2) is 50.5 Å². The molecule has 0 bridgehead atoms. The summed E-state index contributed by atoms with van der Waals surface area (Å²) in [4.78, 5) is 28.9.